The van der Waals surface area contributed by atoms with Gasteiger partial charge in [0.1, 0.15) is 4.90 Å². The van der Waals surface area contributed by atoms with E-state index in [1.807, 2.05) is 0 Å². The first-order chi connectivity index (χ1) is 15.7. The fourth-order valence-electron chi connectivity index (χ4n) is 2.99. The minimum atomic E-state index is -4.07. The molecule has 2 aromatic carbocycles. The average molecular weight is 486 g/mol. The zero-order chi connectivity index (χ0) is 24.0. The molecule has 1 N–H and O–H groups in total. The molecule has 0 aromatic heterocycles. The number of methoxy groups -OCH3 is 1. The summed E-state index contributed by atoms with van der Waals surface area (Å²) in [5.74, 6) is -0.114. The maximum absolute atomic E-state index is 13.1. The number of rotatable bonds is 9. The molecule has 0 bridgehead atoms. The minimum Gasteiger partial charge on any atom is -0.493 e. The summed E-state index contributed by atoms with van der Waals surface area (Å²) in [6.45, 7) is -2.38. The third-order valence-electron chi connectivity index (χ3n) is 4.57. The van der Waals surface area contributed by atoms with Crippen LogP contribution in [0.2, 0.25) is 0 Å². The predicted molar refractivity (Wildman–Crippen MR) is 114 cm³/mol. The van der Waals surface area contributed by atoms with E-state index in [1.54, 1.807) is 0 Å². The Bertz CT molecular complexity index is 1140. The van der Waals surface area contributed by atoms with Gasteiger partial charge in [0.25, 0.3) is 5.69 Å². The smallest absolute Gasteiger partial charge is 0.387 e. The van der Waals surface area contributed by atoms with Crippen molar-refractivity contribution < 1.29 is 36.3 Å². The monoisotopic (exact) mass is 486 g/mol. The SMILES string of the molecule is COc1cc(/C=N/Nc2ccc([N+](=O)[O-])cc2S(=O)(=O)N2CCOCC2)ccc1OC(F)F. The maximum atomic E-state index is 13.1. The minimum absolute atomic E-state index is 0.0213. The number of morpholine rings is 1. The van der Waals surface area contributed by atoms with Crippen LogP contribution < -0.4 is 14.9 Å². The van der Waals surface area contributed by atoms with Gasteiger partial charge < -0.3 is 14.2 Å². The van der Waals surface area contributed by atoms with Gasteiger partial charge in [0.15, 0.2) is 11.5 Å². The van der Waals surface area contributed by atoms with Crippen molar-refractivity contribution in [3.8, 4) is 11.5 Å². The summed E-state index contributed by atoms with van der Waals surface area (Å²) in [6.07, 6.45) is 1.29. The molecule has 0 saturated carbocycles. The molecule has 0 atom stereocenters. The van der Waals surface area contributed by atoms with Crippen molar-refractivity contribution in [3.63, 3.8) is 0 Å². The number of benzene rings is 2. The van der Waals surface area contributed by atoms with Crippen LogP contribution >= 0.6 is 0 Å². The normalized spacial score (nSPS) is 15.0. The number of sulfonamides is 1. The Labute approximate surface area is 187 Å². The van der Waals surface area contributed by atoms with Gasteiger partial charge in [0.2, 0.25) is 10.0 Å². The second kappa shape index (κ2) is 10.5. The van der Waals surface area contributed by atoms with E-state index in [9.17, 15) is 27.3 Å². The Morgan fingerprint density at radius 1 is 1.21 bits per heavy atom. The summed E-state index contributed by atoms with van der Waals surface area (Å²) in [7, 11) is -2.78. The highest BCUT2D eigenvalue weighted by Crippen LogP contribution is 2.30. The van der Waals surface area contributed by atoms with Crippen molar-refractivity contribution in [3.05, 3.63) is 52.1 Å². The molecule has 0 radical (unpaired) electrons. The van der Waals surface area contributed by atoms with Crippen LogP contribution in [0.5, 0.6) is 11.5 Å². The lowest BCUT2D eigenvalue weighted by atomic mass is 10.2. The van der Waals surface area contributed by atoms with Gasteiger partial charge in [0.05, 0.1) is 37.1 Å². The Morgan fingerprint density at radius 3 is 2.58 bits per heavy atom. The molecule has 1 aliphatic rings. The number of halogens is 2. The number of alkyl halides is 2. The average Bonchev–Trinajstić information content (AvgIpc) is 2.80. The molecule has 2 aromatic rings. The van der Waals surface area contributed by atoms with E-state index >= 15 is 0 Å². The second-order valence-corrected chi connectivity index (χ2v) is 8.52. The molecular formula is C19H20F2N4O7S. The Hall–Kier alpha value is -3.36. The highest BCUT2D eigenvalue weighted by Gasteiger charge is 2.30. The number of hydrogen-bond acceptors (Lipinski definition) is 9. The quantitative estimate of drug-likeness (QED) is 0.325. The number of ether oxygens (including phenoxy) is 3. The van der Waals surface area contributed by atoms with E-state index in [2.05, 4.69) is 15.3 Å². The Balaban J connectivity index is 1.87. The number of nitrogens with one attached hydrogen (secondary N) is 1. The molecular weight excluding hydrogens is 466 g/mol. The molecule has 11 nitrogen and oxygen atoms in total. The van der Waals surface area contributed by atoms with Gasteiger partial charge in [-0.2, -0.15) is 18.2 Å². The molecule has 0 aliphatic carbocycles. The van der Waals surface area contributed by atoms with E-state index < -0.39 is 27.2 Å². The van der Waals surface area contributed by atoms with Gasteiger partial charge in [0, 0.05) is 25.2 Å². The van der Waals surface area contributed by atoms with E-state index in [0.717, 1.165) is 12.1 Å². The molecule has 33 heavy (non-hydrogen) atoms. The molecule has 14 heteroatoms. The zero-order valence-electron chi connectivity index (χ0n) is 17.3. The molecule has 3 rings (SSSR count). The number of nitro groups is 1. The van der Waals surface area contributed by atoms with Crippen molar-refractivity contribution >= 4 is 27.6 Å². The summed E-state index contributed by atoms with van der Waals surface area (Å²) in [5.41, 5.74) is 2.63. The topological polar surface area (TPSA) is 133 Å². The van der Waals surface area contributed by atoms with E-state index in [0.29, 0.717) is 5.56 Å². The van der Waals surface area contributed by atoms with Crippen molar-refractivity contribution in [2.75, 3.05) is 38.8 Å². The van der Waals surface area contributed by atoms with E-state index in [1.165, 1.54) is 41.9 Å². The fourth-order valence-corrected chi connectivity index (χ4v) is 4.56. The van der Waals surface area contributed by atoms with Crippen LogP contribution in [-0.2, 0) is 14.8 Å². The summed E-state index contributed by atoms with van der Waals surface area (Å²) >= 11 is 0. The number of anilines is 1. The van der Waals surface area contributed by atoms with Crippen molar-refractivity contribution in [1.82, 2.24) is 4.31 Å². The van der Waals surface area contributed by atoms with Crippen LogP contribution in [0.3, 0.4) is 0 Å². The molecule has 0 unspecified atom stereocenters. The Kier molecular flexibility index (Phi) is 7.73. The number of non-ortho nitro benzene ring substituents is 1. The first-order valence-electron chi connectivity index (χ1n) is 9.50. The molecule has 0 spiro atoms. The highest BCUT2D eigenvalue weighted by atomic mass is 32.2. The maximum Gasteiger partial charge on any atom is 0.387 e. The molecule has 178 valence electrons. The van der Waals surface area contributed by atoms with E-state index in [-0.39, 0.29) is 48.4 Å². The largest absolute Gasteiger partial charge is 0.493 e. The number of hydrogen-bond donors (Lipinski definition) is 1. The summed E-state index contributed by atoms with van der Waals surface area (Å²) in [5, 5.41) is 15.2. The van der Waals surface area contributed by atoms with Crippen molar-refractivity contribution in [2.45, 2.75) is 11.5 Å². The van der Waals surface area contributed by atoms with Gasteiger partial charge >= 0.3 is 6.61 Å². The van der Waals surface area contributed by atoms with Gasteiger partial charge in [-0.25, -0.2) is 8.42 Å². The van der Waals surface area contributed by atoms with E-state index in [4.69, 9.17) is 9.47 Å². The van der Waals surface area contributed by atoms with Gasteiger partial charge in [-0.1, -0.05) is 0 Å². The lowest BCUT2D eigenvalue weighted by Gasteiger charge is -2.26. The summed E-state index contributed by atoms with van der Waals surface area (Å²) in [6, 6.07) is 7.45. The third-order valence-corrected chi connectivity index (χ3v) is 6.50. The van der Waals surface area contributed by atoms with Gasteiger partial charge in [-0.05, 0) is 29.8 Å². The second-order valence-electron chi connectivity index (χ2n) is 6.61. The van der Waals surface area contributed by atoms with Crippen LogP contribution in [0.1, 0.15) is 5.56 Å². The van der Waals surface area contributed by atoms with Crippen molar-refractivity contribution in [1.29, 1.82) is 0 Å². The van der Waals surface area contributed by atoms with Crippen LogP contribution in [-0.4, -0.2) is 63.9 Å². The molecule has 1 saturated heterocycles. The standard InChI is InChI=1S/C19H20F2N4O7S/c1-30-17-10-13(2-5-16(17)32-19(20)21)12-22-23-15-4-3-14(25(26)27)11-18(15)33(28,29)24-6-8-31-9-7-24/h2-5,10-12,19,23H,6-9H2,1H3/b22-12+. The highest BCUT2D eigenvalue weighted by molar-refractivity contribution is 7.89. The van der Waals surface area contributed by atoms with Crippen molar-refractivity contribution in [2.24, 2.45) is 5.10 Å². The molecule has 1 heterocycles. The molecule has 1 aliphatic heterocycles. The summed E-state index contributed by atoms with van der Waals surface area (Å²) < 4.78 is 66.8. The lowest BCUT2D eigenvalue weighted by Crippen LogP contribution is -2.40. The molecule has 1 fully saturated rings. The Morgan fingerprint density at radius 2 is 1.94 bits per heavy atom. The predicted octanol–water partition coefficient (Wildman–Crippen LogP) is 2.67. The first-order valence-corrected chi connectivity index (χ1v) is 10.9. The van der Waals surface area contributed by atoms with Gasteiger partial charge in [-0.3, -0.25) is 15.5 Å². The van der Waals surface area contributed by atoms with Gasteiger partial charge in [-0.15, -0.1) is 0 Å². The number of nitrogens with zero attached hydrogens (tertiary/aromatic N) is 3. The number of hydrazone groups is 1. The first kappa shape index (κ1) is 24.3. The zero-order valence-corrected chi connectivity index (χ0v) is 18.1. The lowest BCUT2D eigenvalue weighted by molar-refractivity contribution is -0.385. The van der Waals surface area contributed by atoms with Crippen LogP contribution in [0.4, 0.5) is 20.2 Å². The van der Waals surface area contributed by atoms with Crippen LogP contribution in [0.25, 0.3) is 0 Å². The summed E-state index contributed by atoms with van der Waals surface area (Å²) in [4.78, 5) is 10.2. The third kappa shape index (κ3) is 5.91. The van der Waals surface area contributed by atoms with Crippen LogP contribution in [0, 0.1) is 10.1 Å². The van der Waals surface area contributed by atoms with Crippen LogP contribution in [0.15, 0.2) is 46.4 Å². The molecule has 0 amide bonds. The number of nitro benzene ring substituents is 1. The fraction of sp³-hybridized carbons (Fsp3) is 0.316.